The van der Waals surface area contributed by atoms with E-state index in [0.717, 1.165) is 17.7 Å². The molecule has 0 N–H and O–H groups in total. The summed E-state index contributed by atoms with van der Waals surface area (Å²) in [6.07, 6.45) is 0.792. The lowest BCUT2D eigenvalue weighted by Crippen LogP contribution is -2.44. The first-order valence-corrected chi connectivity index (χ1v) is 11.2. The number of hydrogen-bond donors (Lipinski definition) is 0. The average Bonchev–Trinajstić information content (AvgIpc) is 2.71. The third kappa shape index (κ3) is 5.00. The molecule has 29 heavy (non-hydrogen) atoms. The molecule has 1 amide bonds. The number of rotatable bonds is 6. The smallest absolute Gasteiger partial charge is 0.230 e. The van der Waals surface area contributed by atoms with E-state index in [1.807, 2.05) is 6.07 Å². The first-order chi connectivity index (χ1) is 13.8. The second-order valence-electron chi connectivity index (χ2n) is 7.10. The van der Waals surface area contributed by atoms with Crippen molar-refractivity contribution >= 4 is 21.6 Å². The normalized spacial score (nSPS) is 16.0. The third-order valence-electron chi connectivity index (χ3n) is 5.19. The van der Waals surface area contributed by atoms with Crippen LogP contribution in [0.4, 0.5) is 14.5 Å². The fourth-order valence-electron chi connectivity index (χ4n) is 3.60. The molecule has 1 heterocycles. The van der Waals surface area contributed by atoms with Gasteiger partial charge in [0.2, 0.25) is 15.9 Å². The predicted octanol–water partition coefficient (Wildman–Crippen LogP) is 3.56. The lowest BCUT2D eigenvalue weighted by Gasteiger charge is -2.33. The molecule has 0 atom stereocenters. The first-order valence-electron chi connectivity index (χ1n) is 9.60. The molecule has 2 aromatic rings. The quantitative estimate of drug-likeness (QED) is 0.715. The van der Waals surface area contributed by atoms with Gasteiger partial charge in [0.15, 0.2) is 11.6 Å². The Balaban J connectivity index is 1.64. The maximum Gasteiger partial charge on any atom is 0.230 e. The molecule has 1 saturated heterocycles. The highest BCUT2D eigenvalue weighted by Gasteiger charge is 2.33. The van der Waals surface area contributed by atoms with Crippen LogP contribution in [0.2, 0.25) is 0 Å². The molecule has 0 unspecified atom stereocenters. The molecule has 0 radical (unpaired) electrons. The minimum atomic E-state index is -3.46. The number of nitrogens with zero attached hydrogens (tertiary/aromatic N) is 2. The van der Waals surface area contributed by atoms with Crippen molar-refractivity contribution in [3.05, 3.63) is 65.7 Å². The van der Waals surface area contributed by atoms with Gasteiger partial charge in [-0.25, -0.2) is 21.5 Å². The van der Waals surface area contributed by atoms with Gasteiger partial charge in [-0.05, 0) is 37.5 Å². The minimum absolute atomic E-state index is 0.0671. The van der Waals surface area contributed by atoms with Gasteiger partial charge in [-0.2, -0.15) is 0 Å². The van der Waals surface area contributed by atoms with Crippen LogP contribution < -0.4 is 4.90 Å². The van der Waals surface area contributed by atoms with E-state index in [0.29, 0.717) is 25.1 Å². The van der Waals surface area contributed by atoms with Crippen molar-refractivity contribution in [1.29, 1.82) is 0 Å². The Morgan fingerprint density at radius 2 is 1.72 bits per heavy atom. The zero-order valence-electron chi connectivity index (χ0n) is 16.2. The Hall–Kier alpha value is -2.32. The van der Waals surface area contributed by atoms with E-state index in [1.165, 1.54) is 15.3 Å². The molecule has 1 aliphatic heterocycles. The molecule has 0 aromatic heterocycles. The summed E-state index contributed by atoms with van der Waals surface area (Å²) < 4.78 is 53.5. The lowest BCUT2D eigenvalue weighted by atomic mass is 9.96. The summed E-state index contributed by atoms with van der Waals surface area (Å²) in [6.45, 7) is 2.61. The monoisotopic (exact) mass is 422 g/mol. The van der Waals surface area contributed by atoms with Crippen LogP contribution in [0.15, 0.2) is 48.5 Å². The van der Waals surface area contributed by atoms with Crippen molar-refractivity contribution in [2.24, 2.45) is 5.92 Å². The second kappa shape index (κ2) is 9.00. The Labute approximate surface area is 170 Å². The van der Waals surface area contributed by atoms with Gasteiger partial charge >= 0.3 is 0 Å². The number of benzene rings is 2. The second-order valence-corrected chi connectivity index (χ2v) is 9.06. The fourth-order valence-corrected chi connectivity index (χ4v) is 5.16. The zero-order valence-corrected chi connectivity index (χ0v) is 17.0. The van der Waals surface area contributed by atoms with Gasteiger partial charge < -0.3 is 4.90 Å². The Kier molecular flexibility index (Phi) is 6.64. The first kappa shape index (κ1) is 21.4. The molecule has 3 rings (SSSR count). The van der Waals surface area contributed by atoms with Crippen LogP contribution in [-0.2, 0) is 20.6 Å². The highest BCUT2D eigenvalue weighted by molar-refractivity contribution is 7.88. The van der Waals surface area contributed by atoms with Crippen molar-refractivity contribution < 1.29 is 22.0 Å². The molecule has 1 fully saturated rings. The molecule has 0 aliphatic carbocycles. The van der Waals surface area contributed by atoms with Crippen molar-refractivity contribution in [2.45, 2.75) is 25.5 Å². The van der Waals surface area contributed by atoms with Crippen LogP contribution in [0, 0.1) is 17.6 Å². The lowest BCUT2D eigenvalue weighted by molar-refractivity contribution is -0.123. The van der Waals surface area contributed by atoms with E-state index in [4.69, 9.17) is 0 Å². The Morgan fingerprint density at radius 1 is 1.07 bits per heavy atom. The Bertz CT molecular complexity index is 959. The van der Waals surface area contributed by atoms with Gasteiger partial charge in [-0.1, -0.05) is 30.3 Å². The summed E-state index contributed by atoms with van der Waals surface area (Å²) >= 11 is 0. The van der Waals surface area contributed by atoms with E-state index in [-0.39, 0.29) is 30.7 Å². The van der Waals surface area contributed by atoms with Gasteiger partial charge in [0.1, 0.15) is 0 Å². The van der Waals surface area contributed by atoms with Crippen molar-refractivity contribution in [3.63, 3.8) is 0 Å². The van der Waals surface area contributed by atoms with Crippen LogP contribution in [0.25, 0.3) is 0 Å². The standard InChI is InChI=1S/C21H24F2N2O3S/c1-2-25(18-8-9-19(22)20(23)14-18)21(26)17-10-12-24(13-11-17)29(27,28)15-16-6-4-3-5-7-16/h3-9,14,17H,2,10-13,15H2,1H3. The van der Waals surface area contributed by atoms with Gasteiger partial charge in [0.05, 0.1) is 5.75 Å². The van der Waals surface area contributed by atoms with Gasteiger partial charge in [0, 0.05) is 37.3 Å². The highest BCUT2D eigenvalue weighted by atomic mass is 32.2. The van der Waals surface area contributed by atoms with Gasteiger partial charge in [-0.15, -0.1) is 0 Å². The van der Waals surface area contributed by atoms with Crippen molar-refractivity contribution in [3.8, 4) is 0 Å². The highest BCUT2D eigenvalue weighted by Crippen LogP contribution is 2.26. The molecule has 2 aromatic carbocycles. The SMILES string of the molecule is CCN(C(=O)C1CCN(S(=O)(=O)Cc2ccccc2)CC1)c1ccc(F)c(F)c1. The summed E-state index contributed by atoms with van der Waals surface area (Å²) in [6, 6.07) is 12.4. The van der Waals surface area contributed by atoms with E-state index in [9.17, 15) is 22.0 Å². The topological polar surface area (TPSA) is 57.7 Å². The number of carbonyl (C=O) groups excluding carboxylic acids is 1. The molecule has 0 bridgehead atoms. The summed E-state index contributed by atoms with van der Waals surface area (Å²) in [5.74, 6) is -2.59. The molecular formula is C21H24F2N2O3S. The summed E-state index contributed by atoms with van der Waals surface area (Å²) in [7, 11) is -3.46. The molecule has 156 valence electrons. The summed E-state index contributed by atoms with van der Waals surface area (Å²) in [4.78, 5) is 14.3. The number of sulfonamides is 1. The number of piperidine rings is 1. The van der Waals surface area contributed by atoms with Crippen LogP contribution in [0.1, 0.15) is 25.3 Å². The molecule has 0 spiro atoms. The summed E-state index contributed by atoms with van der Waals surface area (Å²) in [5.41, 5.74) is 1.02. The molecule has 0 saturated carbocycles. The summed E-state index contributed by atoms with van der Waals surface area (Å²) in [5, 5.41) is 0. The number of amides is 1. The third-order valence-corrected chi connectivity index (χ3v) is 7.04. The predicted molar refractivity (Wildman–Crippen MR) is 108 cm³/mol. The van der Waals surface area contributed by atoms with Crippen molar-refractivity contribution in [1.82, 2.24) is 4.31 Å². The fraction of sp³-hybridized carbons (Fsp3) is 0.381. The average molecular weight is 422 g/mol. The Morgan fingerprint density at radius 3 is 2.31 bits per heavy atom. The molecule has 5 nitrogen and oxygen atoms in total. The van der Waals surface area contributed by atoms with Crippen LogP contribution >= 0.6 is 0 Å². The van der Waals surface area contributed by atoms with Gasteiger partial charge in [0.25, 0.3) is 0 Å². The van der Waals surface area contributed by atoms with Gasteiger partial charge in [-0.3, -0.25) is 4.79 Å². The van der Waals surface area contributed by atoms with E-state index < -0.39 is 21.7 Å². The van der Waals surface area contributed by atoms with E-state index in [2.05, 4.69) is 0 Å². The van der Waals surface area contributed by atoms with Crippen LogP contribution in [0.5, 0.6) is 0 Å². The van der Waals surface area contributed by atoms with E-state index >= 15 is 0 Å². The molecule has 1 aliphatic rings. The molecular weight excluding hydrogens is 398 g/mol. The van der Waals surface area contributed by atoms with Crippen LogP contribution in [-0.4, -0.2) is 38.3 Å². The van der Waals surface area contributed by atoms with Crippen molar-refractivity contribution in [2.75, 3.05) is 24.5 Å². The van der Waals surface area contributed by atoms with E-state index in [1.54, 1.807) is 31.2 Å². The minimum Gasteiger partial charge on any atom is -0.312 e. The zero-order chi connectivity index (χ0) is 21.0. The number of hydrogen-bond acceptors (Lipinski definition) is 3. The largest absolute Gasteiger partial charge is 0.312 e. The maximum absolute atomic E-state index is 13.6. The number of halogens is 2. The molecule has 8 heteroatoms. The maximum atomic E-state index is 13.6. The number of carbonyl (C=O) groups is 1. The number of anilines is 1. The van der Waals surface area contributed by atoms with Crippen LogP contribution in [0.3, 0.4) is 0 Å².